The van der Waals surface area contributed by atoms with Gasteiger partial charge in [-0.3, -0.25) is 0 Å². The smallest absolute Gasteiger partial charge is 0.389 e. The average molecular weight is 290 g/mol. The molecule has 0 fully saturated rings. The summed E-state index contributed by atoms with van der Waals surface area (Å²) in [5.74, 6) is 0. The van der Waals surface area contributed by atoms with Crippen LogP contribution in [0.25, 0.3) is 0 Å². The Labute approximate surface area is 116 Å². The van der Waals surface area contributed by atoms with Crippen molar-refractivity contribution in [2.75, 3.05) is 18.5 Å². The number of rotatable bonds is 5. The summed E-state index contributed by atoms with van der Waals surface area (Å²) in [4.78, 5) is 1.55. The number of halogens is 3. The number of alkyl halides is 3. The Balaban J connectivity index is 3.15. The molecule has 19 heavy (non-hydrogen) atoms. The Morgan fingerprint density at radius 2 is 2.00 bits per heavy atom. The molecule has 0 heterocycles. The summed E-state index contributed by atoms with van der Waals surface area (Å²) in [6, 6.07) is 4.05. The van der Waals surface area contributed by atoms with Gasteiger partial charge in [-0.25, -0.2) is 0 Å². The minimum Gasteiger partial charge on any atom is -0.389 e. The van der Waals surface area contributed by atoms with Crippen molar-refractivity contribution in [1.29, 1.82) is 0 Å². The Hall–Kier alpha value is -1.30. The first-order chi connectivity index (χ1) is 8.77. The van der Waals surface area contributed by atoms with Gasteiger partial charge in [0.05, 0.1) is 5.56 Å². The third kappa shape index (κ3) is 4.09. The zero-order valence-corrected chi connectivity index (χ0v) is 11.7. The molecule has 0 unspecified atom stereocenters. The number of hydrogen-bond donors (Lipinski definition) is 1. The van der Waals surface area contributed by atoms with Crippen LogP contribution in [0.4, 0.5) is 18.9 Å². The third-order valence-electron chi connectivity index (χ3n) is 2.86. The zero-order chi connectivity index (χ0) is 14.6. The van der Waals surface area contributed by atoms with Gasteiger partial charge in [0.15, 0.2) is 0 Å². The Morgan fingerprint density at radius 1 is 1.37 bits per heavy atom. The average Bonchev–Trinajstić information content (AvgIpc) is 2.34. The maximum Gasteiger partial charge on any atom is 0.417 e. The van der Waals surface area contributed by atoms with E-state index in [2.05, 4.69) is 12.2 Å². The van der Waals surface area contributed by atoms with Crippen molar-refractivity contribution in [3.8, 4) is 0 Å². The van der Waals surface area contributed by atoms with E-state index < -0.39 is 11.7 Å². The minimum atomic E-state index is -4.46. The van der Waals surface area contributed by atoms with Gasteiger partial charge in [-0.15, -0.1) is 0 Å². The van der Waals surface area contributed by atoms with Crippen LogP contribution in [0.15, 0.2) is 18.2 Å². The molecule has 0 amide bonds. The van der Waals surface area contributed by atoms with E-state index in [1.54, 1.807) is 18.0 Å². The van der Waals surface area contributed by atoms with E-state index in [0.29, 0.717) is 12.2 Å². The van der Waals surface area contributed by atoms with Crippen LogP contribution >= 0.6 is 12.2 Å². The molecule has 1 aromatic carbocycles. The second-order valence-corrected chi connectivity index (χ2v) is 4.81. The highest BCUT2D eigenvalue weighted by molar-refractivity contribution is 7.80. The SMILES string of the molecule is CCCCN(C)c1ccc(C(N)=S)c(C(F)(F)F)c1. The Morgan fingerprint density at radius 3 is 2.47 bits per heavy atom. The maximum atomic E-state index is 13.0. The molecule has 0 atom stereocenters. The highest BCUT2D eigenvalue weighted by Gasteiger charge is 2.34. The van der Waals surface area contributed by atoms with Crippen LogP contribution < -0.4 is 10.6 Å². The Kier molecular flexibility index (Phi) is 5.17. The van der Waals surface area contributed by atoms with E-state index in [4.69, 9.17) is 5.73 Å². The quantitative estimate of drug-likeness (QED) is 0.841. The number of unbranched alkanes of at least 4 members (excludes halogenated alkanes) is 1. The molecule has 0 saturated heterocycles. The molecule has 6 heteroatoms. The van der Waals surface area contributed by atoms with Crippen LogP contribution in [0, 0.1) is 0 Å². The lowest BCUT2D eigenvalue weighted by Crippen LogP contribution is -2.22. The first kappa shape index (κ1) is 15.8. The number of anilines is 1. The summed E-state index contributed by atoms with van der Waals surface area (Å²) in [6.45, 7) is 2.74. The van der Waals surface area contributed by atoms with Crippen molar-refractivity contribution in [2.24, 2.45) is 5.73 Å². The molecule has 0 spiro atoms. The van der Waals surface area contributed by atoms with Crippen molar-refractivity contribution in [3.63, 3.8) is 0 Å². The van der Waals surface area contributed by atoms with Gasteiger partial charge in [-0.2, -0.15) is 13.2 Å². The largest absolute Gasteiger partial charge is 0.417 e. The van der Waals surface area contributed by atoms with Crippen LogP contribution in [-0.4, -0.2) is 18.6 Å². The van der Waals surface area contributed by atoms with Gasteiger partial charge in [-0.05, 0) is 24.6 Å². The van der Waals surface area contributed by atoms with Crippen LogP contribution in [0.2, 0.25) is 0 Å². The molecule has 0 aliphatic rings. The van der Waals surface area contributed by atoms with Crippen molar-refractivity contribution < 1.29 is 13.2 Å². The lowest BCUT2D eigenvalue weighted by Gasteiger charge is -2.21. The van der Waals surface area contributed by atoms with E-state index in [9.17, 15) is 13.2 Å². The predicted octanol–water partition coefficient (Wildman–Crippen LogP) is 3.58. The molecule has 1 aromatic rings. The molecular weight excluding hydrogens is 273 g/mol. The van der Waals surface area contributed by atoms with Crippen LogP contribution in [-0.2, 0) is 6.18 Å². The highest BCUT2D eigenvalue weighted by Crippen LogP contribution is 2.34. The third-order valence-corrected chi connectivity index (χ3v) is 3.08. The van der Waals surface area contributed by atoms with Gasteiger partial charge >= 0.3 is 6.18 Å². The summed E-state index contributed by atoms with van der Waals surface area (Å²) < 4.78 is 38.9. The fraction of sp³-hybridized carbons (Fsp3) is 0.462. The number of nitrogens with zero attached hydrogens (tertiary/aromatic N) is 1. The summed E-state index contributed by atoms with van der Waals surface area (Å²) in [7, 11) is 1.77. The molecular formula is C13H17F3N2S. The second-order valence-electron chi connectivity index (χ2n) is 4.37. The molecule has 0 aliphatic carbocycles. The first-order valence-corrected chi connectivity index (χ1v) is 6.40. The molecule has 0 aromatic heterocycles. The number of thiocarbonyl (C=S) groups is 1. The Bertz CT molecular complexity index is 458. The molecule has 2 N–H and O–H groups in total. The van der Waals surface area contributed by atoms with Crippen molar-refractivity contribution >= 4 is 22.9 Å². The fourth-order valence-corrected chi connectivity index (χ4v) is 1.92. The first-order valence-electron chi connectivity index (χ1n) is 5.99. The van der Waals surface area contributed by atoms with Gasteiger partial charge < -0.3 is 10.6 Å². The molecule has 106 valence electrons. The fourth-order valence-electron chi connectivity index (χ4n) is 1.74. The lowest BCUT2D eigenvalue weighted by atomic mass is 10.1. The molecule has 0 aliphatic heterocycles. The van der Waals surface area contributed by atoms with Gasteiger partial charge in [-0.1, -0.05) is 25.6 Å². The topological polar surface area (TPSA) is 29.3 Å². The number of benzene rings is 1. The van der Waals surface area contributed by atoms with Gasteiger partial charge in [0.2, 0.25) is 0 Å². The van der Waals surface area contributed by atoms with E-state index in [0.717, 1.165) is 18.9 Å². The molecule has 0 radical (unpaired) electrons. The van der Waals surface area contributed by atoms with Crippen LogP contribution in [0.3, 0.4) is 0 Å². The van der Waals surface area contributed by atoms with Gasteiger partial charge in [0.25, 0.3) is 0 Å². The van der Waals surface area contributed by atoms with E-state index in [1.807, 2.05) is 6.92 Å². The van der Waals surface area contributed by atoms with Crippen molar-refractivity contribution in [3.05, 3.63) is 29.3 Å². The van der Waals surface area contributed by atoms with Crippen LogP contribution in [0.1, 0.15) is 30.9 Å². The van der Waals surface area contributed by atoms with E-state index in [1.165, 1.54) is 6.07 Å². The summed E-state index contributed by atoms with van der Waals surface area (Å²) in [6.07, 6.45) is -2.54. The minimum absolute atomic E-state index is 0.129. The normalized spacial score (nSPS) is 11.4. The number of nitrogens with two attached hydrogens (primary N) is 1. The summed E-state index contributed by atoms with van der Waals surface area (Å²) in [5.41, 5.74) is 4.94. The van der Waals surface area contributed by atoms with E-state index >= 15 is 0 Å². The standard InChI is InChI=1S/C13H17F3N2S/c1-3-4-7-18(2)9-5-6-10(12(17)19)11(8-9)13(14,15)16/h5-6,8H,3-4,7H2,1-2H3,(H2,17,19). The van der Waals surface area contributed by atoms with Gasteiger partial charge in [0.1, 0.15) is 4.99 Å². The van der Waals surface area contributed by atoms with Gasteiger partial charge in [0, 0.05) is 24.8 Å². The maximum absolute atomic E-state index is 13.0. The van der Waals surface area contributed by atoms with Crippen molar-refractivity contribution in [1.82, 2.24) is 0 Å². The monoisotopic (exact) mass is 290 g/mol. The highest BCUT2D eigenvalue weighted by atomic mass is 32.1. The van der Waals surface area contributed by atoms with Crippen molar-refractivity contribution in [2.45, 2.75) is 25.9 Å². The molecule has 0 saturated carbocycles. The molecule has 0 bridgehead atoms. The zero-order valence-electron chi connectivity index (χ0n) is 10.9. The predicted molar refractivity (Wildman–Crippen MR) is 75.5 cm³/mol. The summed E-state index contributed by atoms with van der Waals surface area (Å²) in [5, 5.41) is 0. The second kappa shape index (κ2) is 6.23. The van der Waals surface area contributed by atoms with E-state index in [-0.39, 0.29) is 10.6 Å². The summed E-state index contributed by atoms with van der Waals surface area (Å²) >= 11 is 4.66. The van der Waals surface area contributed by atoms with Crippen LogP contribution in [0.5, 0.6) is 0 Å². The molecule has 2 nitrogen and oxygen atoms in total. The number of hydrogen-bond acceptors (Lipinski definition) is 2. The lowest BCUT2D eigenvalue weighted by molar-refractivity contribution is -0.137. The molecule has 1 rings (SSSR count).